The molecule has 4 aromatic carbocycles. The first-order valence-electron chi connectivity index (χ1n) is 8.00. The number of phenols is 1. The molecule has 10 nitrogen and oxygen atoms in total. The largest absolute Gasteiger partial charge is 0.507 e. The Hall–Kier alpha value is -2.55. The number of aromatic hydroxyl groups is 1. The van der Waals surface area contributed by atoms with Crippen molar-refractivity contribution in [3.8, 4) is 5.75 Å². The van der Waals surface area contributed by atoms with E-state index in [9.17, 15) is 39.5 Å². The summed E-state index contributed by atoms with van der Waals surface area (Å²) in [6.45, 7) is 0. The van der Waals surface area contributed by atoms with Gasteiger partial charge in [-0.05, 0) is 12.1 Å². The van der Waals surface area contributed by atoms with Gasteiger partial charge in [-0.2, -0.15) is 25.3 Å². The fourth-order valence-electron chi connectivity index (χ4n) is 3.60. The third-order valence-electron chi connectivity index (χ3n) is 4.81. The van der Waals surface area contributed by atoms with E-state index in [2.05, 4.69) is 4.18 Å². The first kappa shape index (κ1) is 20.7. The Bertz CT molecular complexity index is 1690. The highest BCUT2D eigenvalue weighted by Gasteiger charge is 2.28. The summed E-state index contributed by atoms with van der Waals surface area (Å²) in [6.07, 6.45) is 0. The molecule has 0 fully saturated rings. The van der Waals surface area contributed by atoms with Crippen LogP contribution in [0.25, 0.3) is 32.3 Å². The van der Waals surface area contributed by atoms with Crippen LogP contribution in [-0.2, 0) is 34.5 Å². The van der Waals surface area contributed by atoms with Crippen LogP contribution in [0, 0.1) is 0 Å². The van der Waals surface area contributed by atoms with Gasteiger partial charge in [0.05, 0.1) is 7.11 Å². The van der Waals surface area contributed by atoms with Gasteiger partial charge < -0.3 is 5.11 Å². The van der Waals surface area contributed by atoms with Crippen LogP contribution >= 0.6 is 0 Å². The Morgan fingerprint density at radius 1 is 0.667 bits per heavy atom. The molecule has 158 valence electrons. The first-order chi connectivity index (χ1) is 13.8. The Labute approximate surface area is 170 Å². The summed E-state index contributed by atoms with van der Waals surface area (Å²) >= 11 is 0. The molecule has 30 heavy (non-hydrogen) atoms. The average Bonchev–Trinajstić information content (AvgIpc) is 2.64. The Morgan fingerprint density at radius 2 is 1.07 bits per heavy atom. The van der Waals surface area contributed by atoms with Gasteiger partial charge in [0.25, 0.3) is 30.4 Å². The summed E-state index contributed by atoms with van der Waals surface area (Å²) in [7, 11) is -13.3. The zero-order chi connectivity index (χ0) is 22.2. The third kappa shape index (κ3) is 2.90. The fraction of sp³-hybridized carbons (Fsp3) is 0.0588. The molecule has 0 saturated carbocycles. The highest BCUT2D eigenvalue weighted by molar-refractivity contribution is 7.87. The lowest BCUT2D eigenvalue weighted by Gasteiger charge is -2.17. The molecule has 0 amide bonds. The summed E-state index contributed by atoms with van der Waals surface area (Å²) in [5.74, 6) is -0.544. The van der Waals surface area contributed by atoms with E-state index in [0.717, 1.165) is 19.2 Å². The van der Waals surface area contributed by atoms with E-state index < -0.39 is 50.8 Å². The number of hydrogen-bond donors (Lipinski definition) is 3. The Balaban J connectivity index is 2.45. The SMILES string of the molecule is COS(=O)(=O)c1cc(S(=O)(=O)O)c2ccc3c(O)cc(S(=O)(=O)O)c4ccc1c2c34. The van der Waals surface area contributed by atoms with Crippen molar-refractivity contribution in [1.82, 2.24) is 0 Å². The maximum atomic E-state index is 12.4. The van der Waals surface area contributed by atoms with E-state index >= 15 is 0 Å². The molecular weight excluding hydrogens is 460 g/mol. The maximum absolute atomic E-state index is 12.4. The number of rotatable bonds is 4. The predicted molar refractivity (Wildman–Crippen MR) is 106 cm³/mol. The van der Waals surface area contributed by atoms with E-state index in [1.165, 1.54) is 24.3 Å². The zero-order valence-electron chi connectivity index (χ0n) is 14.9. The highest BCUT2D eigenvalue weighted by atomic mass is 32.2. The lowest BCUT2D eigenvalue weighted by Crippen LogP contribution is -2.08. The lowest BCUT2D eigenvalue weighted by molar-refractivity contribution is 0.398. The second kappa shape index (κ2) is 6.23. The van der Waals surface area contributed by atoms with Crippen molar-refractivity contribution < 1.29 is 43.6 Å². The van der Waals surface area contributed by atoms with Crippen molar-refractivity contribution in [1.29, 1.82) is 0 Å². The zero-order valence-corrected chi connectivity index (χ0v) is 17.3. The normalized spacial score (nSPS) is 13.6. The number of phenolic OH excluding ortho intramolecular Hbond substituents is 1. The monoisotopic (exact) mass is 472 g/mol. The van der Waals surface area contributed by atoms with E-state index in [4.69, 9.17) is 0 Å². The van der Waals surface area contributed by atoms with Gasteiger partial charge in [-0.25, -0.2) is 0 Å². The third-order valence-corrected chi connectivity index (χ3v) is 7.91. The molecule has 3 N–H and O–H groups in total. The smallest absolute Gasteiger partial charge is 0.297 e. The topological polar surface area (TPSA) is 172 Å². The lowest BCUT2D eigenvalue weighted by atomic mass is 9.94. The molecule has 0 bridgehead atoms. The fourth-order valence-corrected chi connectivity index (χ4v) is 5.98. The van der Waals surface area contributed by atoms with E-state index in [1.54, 1.807) is 0 Å². The van der Waals surface area contributed by atoms with Crippen molar-refractivity contribution in [2.45, 2.75) is 14.7 Å². The van der Waals surface area contributed by atoms with Crippen LogP contribution in [0.1, 0.15) is 0 Å². The molecule has 4 aromatic rings. The van der Waals surface area contributed by atoms with Gasteiger partial charge in [0.15, 0.2) is 0 Å². The van der Waals surface area contributed by atoms with Crippen LogP contribution in [0.15, 0.2) is 51.1 Å². The summed E-state index contributed by atoms with van der Waals surface area (Å²) in [5, 5.41) is 10.1. The van der Waals surface area contributed by atoms with Crippen LogP contribution in [0.2, 0.25) is 0 Å². The van der Waals surface area contributed by atoms with Gasteiger partial charge in [0.2, 0.25) is 0 Å². The van der Waals surface area contributed by atoms with Gasteiger partial charge in [-0.1, -0.05) is 18.2 Å². The quantitative estimate of drug-likeness (QED) is 0.227. The van der Waals surface area contributed by atoms with Crippen LogP contribution in [0.4, 0.5) is 0 Å². The average molecular weight is 472 g/mol. The van der Waals surface area contributed by atoms with Crippen LogP contribution in [0.3, 0.4) is 0 Å². The van der Waals surface area contributed by atoms with E-state index in [1.807, 2.05) is 0 Å². The summed E-state index contributed by atoms with van der Waals surface area (Å²) in [6, 6.07) is 6.52. The van der Waals surface area contributed by atoms with Crippen molar-refractivity contribution in [2.75, 3.05) is 7.11 Å². The minimum Gasteiger partial charge on any atom is -0.507 e. The first-order valence-corrected chi connectivity index (χ1v) is 12.3. The van der Waals surface area contributed by atoms with Gasteiger partial charge in [-0.15, -0.1) is 0 Å². The molecule has 4 rings (SSSR count). The van der Waals surface area contributed by atoms with Crippen molar-refractivity contribution >= 4 is 62.7 Å². The van der Waals surface area contributed by atoms with Crippen LogP contribution in [0.5, 0.6) is 5.75 Å². The molecule has 0 unspecified atom stereocenters. The maximum Gasteiger partial charge on any atom is 0.297 e. The van der Waals surface area contributed by atoms with Crippen LogP contribution < -0.4 is 0 Å². The second-order valence-corrected chi connectivity index (χ2v) is 10.9. The molecule has 0 spiro atoms. The summed E-state index contributed by atoms with van der Waals surface area (Å²) < 4.78 is 96.2. The second-order valence-electron chi connectivity index (χ2n) is 6.41. The Morgan fingerprint density at radius 3 is 1.53 bits per heavy atom. The number of benzene rings is 4. The molecule has 0 saturated heterocycles. The van der Waals surface area contributed by atoms with Gasteiger partial charge in [-0.3, -0.25) is 13.3 Å². The number of hydrogen-bond acceptors (Lipinski definition) is 8. The van der Waals surface area contributed by atoms with Gasteiger partial charge in [0.1, 0.15) is 20.4 Å². The molecule has 0 radical (unpaired) electrons. The van der Waals surface area contributed by atoms with Crippen LogP contribution in [-0.4, -0.2) is 46.6 Å². The molecular formula is C17H12O10S3. The summed E-state index contributed by atoms with van der Waals surface area (Å²) in [5.41, 5.74) is 0. The molecule has 0 aromatic heterocycles. The molecule has 0 heterocycles. The van der Waals surface area contributed by atoms with Crippen molar-refractivity contribution in [3.05, 3.63) is 36.4 Å². The molecule has 0 aliphatic carbocycles. The molecule has 13 heteroatoms. The van der Waals surface area contributed by atoms with E-state index in [0.29, 0.717) is 0 Å². The minimum absolute atomic E-state index is 0.0179. The summed E-state index contributed by atoms with van der Waals surface area (Å²) in [4.78, 5) is -2.00. The van der Waals surface area contributed by atoms with E-state index in [-0.39, 0.29) is 32.3 Å². The molecule has 0 aliphatic heterocycles. The highest BCUT2D eigenvalue weighted by Crippen LogP contribution is 2.44. The van der Waals surface area contributed by atoms with Crippen molar-refractivity contribution in [3.63, 3.8) is 0 Å². The molecule has 0 aliphatic rings. The van der Waals surface area contributed by atoms with Gasteiger partial charge in [0, 0.05) is 38.4 Å². The molecule has 0 atom stereocenters. The Kier molecular flexibility index (Phi) is 4.30. The predicted octanol–water partition coefficient (Wildman–Crippen LogP) is 2.12. The minimum atomic E-state index is -4.92. The van der Waals surface area contributed by atoms with Crippen molar-refractivity contribution in [2.24, 2.45) is 0 Å². The van der Waals surface area contributed by atoms with Gasteiger partial charge >= 0.3 is 0 Å². The standard InChI is InChI=1S/C17H12O10S3/c1-27-30(25,26)15-7-14(29(22,23)24)10-3-2-8-12(18)6-13(28(19,20)21)9-4-5-11(15)17(10)16(8)9/h2-7,18H,1H3,(H,19,20,21)(H,22,23,24).